The molecular weight excluding hydrogens is 336 g/mol. The zero-order valence-electron chi connectivity index (χ0n) is 14.8. The topological polar surface area (TPSA) is 73.0 Å². The summed E-state index contributed by atoms with van der Waals surface area (Å²) in [6, 6.07) is 4.87. The van der Waals surface area contributed by atoms with Crippen molar-refractivity contribution in [2.45, 2.75) is 25.8 Å². The van der Waals surface area contributed by atoms with Crippen LogP contribution in [0.4, 0.5) is 4.39 Å². The van der Waals surface area contributed by atoms with Gasteiger partial charge in [-0.05, 0) is 43.5 Å². The average Bonchev–Trinajstić information content (AvgIpc) is 2.65. The quantitative estimate of drug-likeness (QED) is 0.570. The molecule has 1 aliphatic heterocycles. The van der Waals surface area contributed by atoms with E-state index >= 15 is 0 Å². The van der Waals surface area contributed by atoms with Gasteiger partial charge in [0.1, 0.15) is 6.20 Å². The highest BCUT2D eigenvalue weighted by atomic mass is 18.2. The van der Waals surface area contributed by atoms with Crippen molar-refractivity contribution in [1.29, 1.82) is 0 Å². The van der Waals surface area contributed by atoms with Crippen molar-refractivity contribution in [3.8, 4) is 0 Å². The van der Waals surface area contributed by atoms with Crippen molar-refractivity contribution in [2.75, 3.05) is 19.6 Å². The van der Waals surface area contributed by atoms with Crippen LogP contribution in [0.1, 0.15) is 25.0 Å². The van der Waals surface area contributed by atoms with Crippen LogP contribution in [0.15, 0.2) is 40.1 Å². The lowest BCUT2D eigenvalue weighted by Gasteiger charge is -2.26. The third-order valence-electron chi connectivity index (χ3n) is 4.58. The second-order valence-electron chi connectivity index (χ2n) is 6.38. The Labute approximate surface area is 150 Å². The molecule has 7 nitrogen and oxygen atoms in total. The average molecular weight is 358 g/mol. The minimum Gasteiger partial charge on any atom is -0.299 e. The molecule has 26 heavy (non-hydrogen) atoms. The summed E-state index contributed by atoms with van der Waals surface area (Å²) in [7, 11) is 1.45. The van der Waals surface area contributed by atoms with Crippen LogP contribution in [0.3, 0.4) is 0 Å². The highest BCUT2D eigenvalue weighted by Crippen LogP contribution is 2.20. The predicted octanol–water partition coefficient (Wildman–Crippen LogP) is 1.05. The number of pyridine rings is 1. The largest absolute Gasteiger partial charge is 0.347 e. The molecular formula is C18H22FN5O2. The van der Waals surface area contributed by atoms with Gasteiger partial charge in [0.2, 0.25) is 5.95 Å². The van der Waals surface area contributed by atoms with Gasteiger partial charge in [0, 0.05) is 26.7 Å². The fourth-order valence-corrected chi connectivity index (χ4v) is 3.01. The second kappa shape index (κ2) is 8.18. The van der Waals surface area contributed by atoms with E-state index < -0.39 is 11.5 Å². The number of unbranched alkanes of at least 4 members (excludes halogenated alkanes) is 1. The molecule has 0 radical (unpaired) electrons. The Morgan fingerprint density at radius 3 is 2.73 bits per heavy atom. The summed E-state index contributed by atoms with van der Waals surface area (Å²) in [5.74, 6) is -0.451. The molecule has 2 aromatic heterocycles. The fourth-order valence-electron chi connectivity index (χ4n) is 3.01. The lowest BCUT2D eigenvalue weighted by atomic mass is 10.0. The molecule has 0 fully saturated rings. The van der Waals surface area contributed by atoms with E-state index in [9.17, 15) is 14.0 Å². The Morgan fingerprint density at radius 1 is 1.19 bits per heavy atom. The maximum Gasteiger partial charge on any atom is 0.347 e. The summed E-state index contributed by atoms with van der Waals surface area (Å²) in [5.41, 5.74) is 1.02. The smallest absolute Gasteiger partial charge is 0.299 e. The van der Waals surface area contributed by atoms with Gasteiger partial charge in [0.15, 0.2) is 0 Å². The molecule has 0 unspecified atom stereocenters. The molecule has 0 amide bonds. The number of aryl methyl sites for hydroxylation is 1. The molecule has 8 heteroatoms. The first kappa shape index (κ1) is 18.2. The molecule has 0 N–H and O–H groups in total. The second-order valence-corrected chi connectivity index (χ2v) is 6.38. The van der Waals surface area contributed by atoms with E-state index in [-0.39, 0.29) is 5.69 Å². The number of nitrogens with zero attached hydrogens (tertiary/aromatic N) is 5. The Kier molecular flexibility index (Phi) is 5.72. The molecule has 0 saturated carbocycles. The summed E-state index contributed by atoms with van der Waals surface area (Å²) in [5, 5.41) is 3.88. The summed E-state index contributed by atoms with van der Waals surface area (Å²) in [6.45, 7) is 3.13. The van der Waals surface area contributed by atoms with Crippen molar-refractivity contribution in [2.24, 2.45) is 7.05 Å². The Balaban J connectivity index is 1.46. The first-order chi connectivity index (χ1) is 12.5. The van der Waals surface area contributed by atoms with Crippen LogP contribution >= 0.6 is 0 Å². The number of halogens is 1. The van der Waals surface area contributed by atoms with Gasteiger partial charge in [0.25, 0.3) is 5.56 Å². The highest BCUT2D eigenvalue weighted by Gasteiger charge is 2.14. The van der Waals surface area contributed by atoms with Gasteiger partial charge in [-0.3, -0.25) is 14.3 Å². The van der Waals surface area contributed by atoms with Gasteiger partial charge in [-0.2, -0.15) is 9.49 Å². The Bertz CT molecular complexity index is 918. The van der Waals surface area contributed by atoms with E-state index in [1.807, 2.05) is 6.07 Å². The van der Waals surface area contributed by atoms with Gasteiger partial charge in [-0.25, -0.2) is 14.5 Å². The minimum atomic E-state index is -0.451. The van der Waals surface area contributed by atoms with Crippen LogP contribution in [0.5, 0.6) is 0 Å². The molecule has 1 aliphatic rings. The molecule has 0 aliphatic carbocycles. The lowest BCUT2D eigenvalue weighted by molar-refractivity contribution is 0.290. The van der Waals surface area contributed by atoms with E-state index in [4.69, 9.17) is 0 Å². The SMILES string of the molecule is Cn1c(=O)cnn(CCCCN2CC=C(c3cccc([18F])n3)CC2)c1=O. The van der Waals surface area contributed by atoms with E-state index in [0.29, 0.717) is 12.2 Å². The van der Waals surface area contributed by atoms with Gasteiger partial charge >= 0.3 is 5.69 Å². The molecule has 138 valence electrons. The van der Waals surface area contributed by atoms with Crippen molar-refractivity contribution in [1.82, 2.24) is 24.2 Å². The van der Waals surface area contributed by atoms with Gasteiger partial charge < -0.3 is 0 Å². The molecule has 0 atom stereocenters. The highest BCUT2D eigenvalue weighted by molar-refractivity contribution is 5.63. The molecule has 0 spiro atoms. The molecule has 2 aromatic rings. The van der Waals surface area contributed by atoms with Crippen LogP contribution in [0.25, 0.3) is 5.57 Å². The van der Waals surface area contributed by atoms with Crippen molar-refractivity contribution in [3.63, 3.8) is 0 Å². The van der Waals surface area contributed by atoms with Gasteiger partial charge in [0.05, 0.1) is 5.69 Å². The third-order valence-corrected chi connectivity index (χ3v) is 4.58. The summed E-state index contributed by atoms with van der Waals surface area (Å²) in [4.78, 5) is 29.5. The summed E-state index contributed by atoms with van der Waals surface area (Å²) >= 11 is 0. The first-order valence-corrected chi connectivity index (χ1v) is 8.72. The van der Waals surface area contributed by atoms with Crippen LogP contribution in [0.2, 0.25) is 0 Å². The van der Waals surface area contributed by atoms with Crippen LogP contribution in [-0.4, -0.2) is 43.9 Å². The van der Waals surface area contributed by atoms with Gasteiger partial charge in [-0.1, -0.05) is 12.1 Å². The lowest BCUT2D eigenvalue weighted by Crippen LogP contribution is -2.39. The molecule has 3 heterocycles. The number of hydrogen-bond acceptors (Lipinski definition) is 5. The van der Waals surface area contributed by atoms with E-state index in [0.717, 1.165) is 49.0 Å². The molecule has 0 bridgehead atoms. The molecule has 0 saturated heterocycles. The fraction of sp³-hybridized carbons (Fsp3) is 0.444. The van der Waals surface area contributed by atoms with Gasteiger partial charge in [-0.15, -0.1) is 0 Å². The number of aromatic nitrogens is 4. The third kappa shape index (κ3) is 4.32. The van der Waals surface area contributed by atoms with Crippen LogP contribution in [-0.2, 0) is 13.6 Å². The monoisotopic (exact) mass is 358 g/mol. The van der Waals surface area contributed by atoms with Crippen molar-refractivity contribution < 1.29 is 4.39 Å². The standard InChI is InChI=1S/C18H22FN5O2/c1-22-17(25)13-20-24(18(22)26)10-3-2-9-23-11-7-14(8-12-23)15-5-4-6-16(19)21-15/h4-7,13H,2-3,8-12H2,1H3/i19-1. The number of rotatable bonds is 6. The maximum atomic E-state index is 13.2. The van der Waals surface area contributed by atoms with E-state index in [1.165, 1.54) is 24.0 Å². The Morgan fingerprint density at radius 2 is 2.00 bits per heavy atom. The van der Waals surface area contributed by atoms with Crippen LogP contribution in [0, 0.1) is 5.95 Å². The summed E-state index contributed by atoms with van der Waals surface area (Å²) in [6.07, 6.45) is 5.85. The normalized spacial score (nSPS) is 15.1. The molecule has 3 rings (SSSR count). The van der Waals surface area contributed by atoms with Crippen molar-refractivity contribution in [3.05, 3.63) is 63.0 Å². The number of hydrogen-bond donors (Lipinski definition) is 0. The summed E-state index contributed by atoms with van der Waals surface area (Å²) < 4.78 is 15.6. The predicted molar refractivity (Wildman–Crippen MR) is 96.2 cm³/mol. The zero-order valence-corrected chi connectivity index (χ0v) is 14.8. The maximum absolute atomic E-state index is 13.2. The zero-order chi connectivity index (χ0) is 18.5. The Hall–Kier alpha value is -2.61. The van der Waals surface area contributed by atoms with E-state index in [2.05, 4.69) is 21.1 Å². The van der Waals surface area contributed by atoms with Crippen LogP contribution < -0.4 is 11.2 Å². The van der Waals surface area contributed by atoms with Crippen molar-refractivity contribution >= 4 is 5.57 Å². The van der Waals surface area contributed by atoms with E-state index in [1.54, 1.807) is 6.07 Å². The first-order valence-electron chi connectivity index (χ1n) is 8.72. The molecule has 0 aromatic carbocycles. The minimum absolute atomic E-state index is 0.384.